The highest BCUT2D eigenvalue weighted by Crippen LogP contribution is 2.32. The van der Waals surface area contributed by atoms with E-state index >= 15 is 0 Å². The lowest BCUT2D eigenvalue weighted by Crippen LogP contribution is -2.31. The summed E-state index contributed by atoms with van der Waals surface area (Å²) in [6, 6.07) is 3.70. The molecule has 26 heavy (non-hydrogen) atoms. The van der Waals surface area contributed by atoms with E-state index in [-0.39, 0.29) is 17.6 Å². The highest BCUT2D eigenvalue weighted by molar-refractivity contribution is 5.96. The van der Waals surface area contributed by atoms with Crippen LogP contribution in [0.3, 0.4) is 0 Å². The quantitative estimate of drug-likeness (QED) is 0.683. The summed E-state index contributed by atoms with van der Waals surface area (Å²) in [5, 5.41) is 26.0. The maximum absolute atomic E-state index is 13.0. The predicted molar refractivity (Wildman–Crippen MR) is 89.1 cm³/mol. The van der Waals surface area contributed by atoms with Crippen LogP contribution in [0.4, 0.5) is 0 Å². The van der Waals surface area contributed by atoms with Crippen LogP contribution < -0.4 is 0 Å². The third-order valence-corrected chi connectivity index (χ3v) is 4.58. The van der Waals surface area contributed by atoms with Crippen molar-refractivity contribution in [3.8, 4) is 11.9 Å². The average molecular weight is 351 g/mol. The van der Waals surface area contributed by atoms with Crippen LogP contribution in [0.5, 0.6) is 0 Å². The van der Waals surface area contributed by atoms with E-state index in [9.17, 15) is 10.1 Å². The van der Waals surface area contributed by atoms with E-state index in [4.69, 9.17) is 0 Å². The first-order chi connectivity index (χ1) is 12.6. The molecule has 0 N–H and O–H groups in total. The summed E-state index contributed by atoms with van der Waals surface area (Å²) in [5.41, 5.74) is 1.29. The Morgan fingerprint density at radius 2 is 2.23 bits per heavy atom. The SMILES string of the molecule is Cn1ccc(-n2cc(C3CCCN3C(=O)c3cnn(C)c3C#N)nn2)n1. The molecule has 1 amide bonds. The standard InChI is InChI=1S/C16H17N9O/c1-22-7-5-15(20-22)25-10-12(19-21-25)13-4-3-6-24(13)16(26)11-9-18-23(2)14(11)8-17/h5,7,9-10,13H,3-4,6H2,1-2H3. The molecule has 132 valence electrons. The van der Waals surface area contributed by atoms with Crippen molar-refractivity contribution >= 4 is 5.91 Å². The third-order valence-electron chi connectivity index (χ3n) is 4.58. The smallest absolute Gasteiger partial charge is 0.259 e. The van der Waals surface area contributed by atoms with Gasteiger partial charge in [-0.3, -0.25) is 14.2 Å². The summed E-state index contributed by atoms with van der Waals surface area (Å²) in [5.74, 6) is 0.464. The number of hydrogen-bond donors (Lipinski definition) is 0. The van der Waals surface area contributed by atoms with Crippen LogP contribution in [0.1, 0.15) is 40.6 Å². The lowest BCUT2D eigenvalue weighted by Gasteiger charge is -2.22. The fourth-order valence-electron chi connectivity index (χ4n) is 3.27. The van der Waals surface area contributed by atoms with Crippen molar-refractivity contribution in [3.05, 3.63) is 41.6 Å². The van der Waals surface area contributed by atoms with Gasteiger partial charge in [0.2, 0.25) is 0 Å². The third kappa shape index (κ3) is 2.54. The second-order valence-corrected chi connectivity index (χ2v) is 6.23. The zero-order chi connectivity index (χ0) is 18.3. The maximum Gasteiger partial charge on any atom is 0.259 e. The fraction of sp³-hybridized carbons (Fsp3) is 0.375. The number of nitrogens with zero attached hydrogens (tertiary/aromatic N) is 9. The van der Waals surface area contributed by atoms with E-state index < -0.39 is 0 Å². The monoisotopic (exact) mass is 351 g/mol. The number of hydrogen-bond acceptors (Lipinski definition) is 6. The van der Waals surface area contributed by atoms with Gasteiger partial charge in [0.25, 0.3) is 5.91 Å². The molecule has 3 aromatic heterocycles. The summed E-state index contributed by atoms with van der Waals surface area (Å²) in [4.78, 5) is 14.7. The van der Waals surface area contributed by atoms with E-state index in [1.807, 2.05) is 25.4 Å². The Bertz CT molecular complexity index is 1010. The van der Waals surface area contributed by atoms with Gasteiger partial charge in [0.1, 0.15) is 11.8 Å². The van der Waals surface area contributed by atoms with Gasteiger partial charge in [-0.25, -0.2) is 4.68 Å². The molecule has 1 aliphatic rings. The van der Waals surface area contributed by atoms with Gasteiger partial charge in [0.05, 0.1) is 24.0 Å². The molecule has 0 aliphatic carbocycles. The first-order valence-electron chi connectivity index (χ1n) is 8.24. The minimum absolute atomic E-state index is 0.174. The van der Waals surface area contributed by atoms with E-state index in [2.05, 4.69) is 20.5 Å². The van der Waals surface area contributed by atoms with Crippen molar-refractivity contribution in [1.82, 2.24) is 39.5 Å². The normalized spacial score (nSPS) is 16.8. The minimum atomic E-state index is -0.204. The molecule has 4 rings (SSSR count). The van der Waals surface area contributed by atoms with Crippen molar-refractivity contribution < 1.29 is 4.79 Å². The molecule has 0 bridgehead atoms. The van der Waals surface area contributed by atoms with Crippen LogP contribution in [-0.4, -0.2) is 51.9 Å². The Morgan fingerprint density at radius 3 is 2.96 bits per heavy atom. The molecule has 0 spiro atoms. The molecule has 1 unspecified atom stereocenters. The average Bonchev–Trinajstić information content (AvgIpc) is 3.39. The molecular weight excluding hydrogens is 334 g/mol. The molecule has 10 heteroatoms. The number of likely N-dealkylation sites (tertiary alicyclic amines) is 1. The molecule has 0 aromatic carbocycles. The molecule has 0 saturated carbocycles. The second-order valence-electron chi connectivity index (χ2n) is 6.23. The van der Waals surface area contributed by atoms with Crippen LogP contribution in [0.25, 0.3) is 5.82 Å². The highest BCUT2D eigenvalue weighted by atomic mass is 16.2. The molecule has 3 aromatic rings. The van der Waals surface area contributed by atoms with Gasteiger partial charge in [0.15, 0.2) is 11.5 Å². The number of carbonyl (C=O) groups excluding carboxylic acids is 1. The molecule has 1 aliphatic heterocycles. The fourth-order valence-corrected chi connectivity index (χ4v) is 3.27. The van der Waals surface area contributed by atoms with Gasteiger partial charge >= 0.3 is 0 Å². The molecule has 4 heterocycles. The van der Waals surface area contributed by atoms with Crippen LogP contribution >= 0.6 is 0 Å². The molecule has 0 radical (unpaired) electrons. The summed E-state index contributed by atoms with van der Waals surface area (Å²) in [6.45, 7) is 0.611. The van der Waals surface area contributed by atoms with Gasteiger partial charge < -0.3 is 4.90 Å². The van der Waals surface area contributed by atoms with Crippen LogP contribution in [0.15, 0.2) is 24.7 Å². The van der Waals surface area contributed by atoms with Crippen LogP contribution in [0.2, 0.25) is 0 Å². The number of aryl methyl sites for hydroxylation is 2. The number of amides is 1. The number of aromatic nitrogens is 7. The summed E-state index contributed by atoms with van der Waals surface area (Å²) < 4.78 is 4.70. The topological polar surface area (TPSA) is 110 Å². The Morgan fingerprint density at radius 1 is 1.38 bits per heavy atom. The number of nitriles is 1. The first-order valence-corrected chi connectivity index (χ1v) is 8.24. The molecule has 10 nitrogen and oxygen atoms in total. The predicted octanol–water partition coefficient (Wildman–Crippen LogP) is 0.583. The van der Waals surface area contributed by atoms with Gasteiger partial charge in [-0.1, -0.05) is 5.21 Å². The summed E-state index contributed by atoms with van der Waals surface area (Å²) >= 11 is 0. The Kier molecular flexibility index (Phi) is 3.76. The van der Waals surface area contributed by atoms with Crippen LogP contribution in [-0.2, 0) is 14.1 Å². The van der Waals surface area contributed by atoms with E-state index in [1.54, 1.807) is 27.5 Å². The van der Waals surface area contributed by atoms with Crippen molar-refractivity contribution in [2.45, 2.75) is 18.9 Å². The van der Waals surface area contributed by atoms with Gasteiger partial charge in [-0.2, -0.15) is 15.5 Å². The number of rotatable bonds is 3. The summed E-state index contributed by atoms with van der Waals surface area (Å²) in [6.07, 6.45) is 6.74. The Balaban J connectivity index is 1.62. The number of carbonyl (C=O) groups is 1. The molecule has 1 saturated heterocycles. The van der Waals surface area contributed by atoms with E-state index in [0.29, 0.717) is 23.6 Å². The zero-order valence-corrected chi connectivity index (χ0v) is 14.4. The zero-order valence-electron chi connectivity index (χ0n) is 14.4. The van der Waals surface area contributed by atoms with Crippen molar-refractivity contribution in [2.24, 2.45) is 14.1 Å². The second kappa shape index (κ2) is 6.11. The van der Waals surface area contributed by atoms with Gasteiger partial charge in [-0.05, 0) is 12.8 Å². The van der Waals surface area contributed by atoms with E-state index in [1.165, 1.54) is 10.9 Å². The molecule has 1 fully saturated rings. The van der Waals surface area contributed by atoms with E-state index in [0.717, 1.165) is 12.8 Å². The van der Waals surface area contributed by atoms with Gasteiger partial charge in [-0.15, -0.1) is 5.10 Å². The largest absolute Gasteiger partial charge is 0.330 e. The van der Waals surface area contributed by atoms with Crippen molar-refractivity contribution in [3.63, 3.8) is 0 Å². The Hall–Kier alpha value is -3.48. The summed E-state index contributed by atoms with van der Waals surface area (Å²) in [7, 11) is 3.48. The van der Waals surface area contributed by atoms with Crippen molar-refractivity contribution in [2.75, 3.05) is 6.54 Å². The maximum atomic E-state index is 13.0. The first kappa shape index (κ1) is 16.0. The lowest BCUT2D eigenvalue weighted by atomic mass is 10.1. The highest BCUT2D eigenvalue weighted by Gasteiger charge is 2.34. The van der Waals surface area contributed by atoms with Crippen LogP contribution in [0, 0.1) is 11.3 Å². The molecule has 1 atom stereocenters. The molecular formula is C16H17N9O. The minimum Gasteiger partial charge on any atom is -0.330 e. The Labute approximate surface area is 149 Å². The lowest BCUT2D eigenvalue weighted by molar-refractivity contribution is 0.0732. The van der Waals surface area contributed by atoms with Crippen molar-refractivity contribution in [1.29, 1.82) is 5.26 Å². The van der Waals surface area contributed by atoms with Gasteiger partial charge in [0, 0.05) is 32.9 Å².